The van der Waals surface area contributed by atoms with Crippen molar-refractivity contribution < 1.29 is 19.2 Å². The number of aryl methyl sites for hydroxylation is 1. The molecule has 0 unspecified atom stereocenters. The number of carbonyl (C=O) groups excluding carboxylic acids is 4. The zero-order valence-corrected chi connectivity index (χ0v) is 13.4. The summed E-state index contributed by atoms with van der Waals surface area (Å²) in [7, 11) is 1.60. The van der Waals surface area contributed by atoms with E-state index in [1.807, 2.05) is 31.2 Å². The first-order valence-electron chi connectivity index (χ1n) is 7.32. The van der Waals surface area contributed by atoms with Gasteiger partial charge in [-0.2, -0.15) is 0 Å². The molecule has 1 fully saturated rings. The summed E-state index contributed by atoms with van der Waals surface area (Å²) in [5.41, 5.74) is 2.03. The fraction of sp³-hybridized carbons (Fsp3) is 0.375. The maximum Gasteiger partial charge on any atom is 0.334 e. The maximum atomic E-state index is 12.3. The molecule has 0 aliphatic carbocycles. The van der Waals surface area contributed by atoms with Gasteiger partial charge in [0.05, 0.1) is 0 Å². The molecule has 0 saturated carbocycles. The van der Waals surface area contributed by atoms with E-state index in [9.17, 15) is 19.2 Å². The maximum absolute atomic E-state index is 12.3. The fourth-order valence-corrected chi connectivity index (χ4v) is 2.36. The van der Waals surface area contributed by atoms with Gasteiger partial charge in [-0.1, -0.05) is 24.3 Å². The van der Waals surface area contributed by atoms with Crippen molar-refractivity contribution in [1.82, 2.24) is 14.7 Å². The predicted molar refractivity (Wildman–Crippen MR) is 82.1 cm³/mol. The van der Waals surface area contributed by atoms with Crippen LogP contribution < -0.4 is 0 Å². The van der Waals surface area contributed by atoms with Crippen LogP contribution >= 0.6 is 0 Å². The lowest BCUT2D eigenvalue weighted by molar-refractivity contribution is -0.144. The molecule has 0 atom stereocenters. The van der Waals surface area contributed by atoms with Crippen LogP contribution in [0.25, 0.3) is 0 Å². The van der Waals surface area contributed by atoms with Crippen LogP contribution in [0, 0.1) is 6.92 Å². The van der Waals surface area contributed by atoms with Gasteiger partial charge in [-0.25, -0.2) is 9.69 Å². The van der Waals surface area contributed by atoms with Crippen LogP contribution in [0.3, 0.4) is 0 Å². The average molecular weight is 317 g/mol. The number of benzene rings is 1. The number of likely N-dealkylation sites (N-methyl/N-ethyl adjacent to an activating group) is 2. The minimum atomic E-state index is -0.950. The minimum Gasteiger partial charge on any atom is -0.340 e. The predicted octanol–water partition coefficient (Wildman–Crippen LogP) is 0.764. The first-order valence-corrected chi connectivity index (χ1v) is 7.32. The zero-order chi connectivity index (χ0) is 17.1. The van der Waals surface area contributed by atoms with Crippen molar-refractivity contribution >= 4 is 23.8 Å². The zero-order valence-electron chi connectivity index (χ0n) is 13.4. The second kappa shape index (κ2) is 6.60. The average Bonchev–Trinajstić information content (AvgIpc) is 2.72. The second-order valence-corrected chi connectivity index (χ2v) is 5.40. The first-order chi connectivity index (χ1) is 10.9. The van der Waals surface area contributed by atoms with E-state index in [4.69, 9.17) is 0 Å². The Morgan fingerprint density at radius 3 is 2.26 bits per heavy atom. The highest BCUT2D eigenvalue weighted by molar-refractivity contribution is 6.45. The van der Waals surface area contributed by atoms with Gasteiger partial charge in [-0.05, 0) is 25.0 Å². The van der Waals surface area contributed by atoms with Gasteiger partial charge in [0, 0.05) is 20.1 Å². The third-order valence-corrected chi connectivity index (χ3v) is 3.84. The smallest absolute Gasteiger partial charge is 0.334 e. The Balaban J connectivity index is 2.04. The molecule has 2 rings (SSSR count). The molecule has 0 bridgehead atoms. The SMILES string of the molecule is CCN1C(=O)C(=O)N(CC(=O)N(C)Cc2ccccc2C)C1=O. The van der Waals surface area contributed by atoms with Crippen molar-refractivity contribution in [3.8, 4) is 0 Å². The molecule has 7 heteroatoms. The summed E-state index contributed by atoms with van der Waals surface area (Å²) in [5.74, 6) is -2.23. The van der Waals surface area contributed by atoms with Crippen LogP contribution in [0.4, 0.5) is 4.79 Å². The van der Waals surface area contributed by atoms with Gasteiger partial charge < -0.3 is 4.90 Å². The number of nitrogens with zero attached hydrogens (tertiary/aromatic N) is 3. The Hall–Kier alpha value is -2.70. The molecule has 1 aliphatic rings. The molecule has 5 amide bonds. The van der Waals surface area contributed by atoms with E-state index in [1.54, 1.807) is 14.0 Å². The molecule has 7 nitrogen and oxygen atoms in total. The fourth-order valence-electron chi connectivity index (χ4n) is 2.36. The van der Waals surface area contributed by atoms with Gasteiger partial charge in [0.25, 0.3) is 0 Å². The summed E-state index contributed by atoms with van der Waals surface area (Å²) in [6.07, 6.45) is 0. The number of amides is 5. The van der Waals surface area contributed by atoms with Crippen molar-refractivity contribution in [3.05, 3.63) is 35.4 Å². The van der Waals surface area contributed by atoms with E-state index in [1.165, 1.54) is 4.90 Å². The van der Waals surface area contributed by atoms with Gasteiger partial charge in [0.2, 0.25) is 5.91 Å². The second-order valence-electron chi connectivity index (χ2n) is 5.40. The van der Waals surface area contributed by atoms with Crippen molar-refractivity contribution in [2.45, 2.75) is 20.4 Å². The van der Waals surface area contributed by atoms with E-state index in [0.717, 1.165) is 16.0 Å². The summed E-state index contributed by atoms with van der Waals surface area (Å²) in [5, 5.41) is 0. The van der Waals surface area contributed by atoms with E-state index < -0.39 is 30.3 Å². The molecule has 0 spiro atoms. The molecule has 1 saturated heterocycles. The van der Waals surface area contributed by atoms with E-state index >= 15 is 0 Å². The Bertz CT molecular complexity index is 671. The standard InChI is InChI=1S/C16H19N3O4/c1-4-18-14(21)15(22)19(16(18)23)10-13(20)17(3)9-12-8-6-5-7-11(12)2/h5-8H,4,9-10H2,1-3H3. The Morgan fingerprint density at radius 1 is 1.09 bits per heavy atom. The Kier molecular flexibility index (Phi) is 4.78. The van der Waals surface area contributed by atoms with Gasteiger partial charge in [-0.15, -0.1) is 0 Å². The van der Waals surface area contributed by atoms with E-state index in [2.05, 4.69) is 0 Å². The molecule has 0 N–H and O–H groups in total. The lowest BCUT2D eigenvalue weighted by atomic mass is 10.1. The number of carbonyl (C=O) groups is 4. The van der Waals surface area contributed by atoms with Crippen LogP contribution in [-0.4, -0.2) is 58.6 Å². The van der Waals surface area contributed by atoms with Crippen LogP contribution in [0.1, 0.15) is 18.1 Å². The van der Waals surface area contributed by atoms with Crippen molar-refractivity contribution in [2.24, 2.45) is 0 Å². The summed E-state index contributed by atoms with van der Waals surface area (Å²) < 4.78 is 0. The topological polar surface area (TPSA) is 78.0 Å². The van der Waals surface area contributed by atoms with Gasteiger partial charge in [0.1, 0.15) is 6.54 Å². The van der Waals surface area contributed by atoms with Gasteiger partial charge >= 0.3 is 17.8 Å². The number of hydrogen-bond acceptors (Lipinski definition) is 4. The van der Waals surface area contributed by atoms with E-state index in [-0.39, 0.29) is 6.54 Å². The highest BCUT2D eigenvalue weighted by Crippen LogP contribution is 2.13. The molecule has 23 heavy (non-hydrogen) atoms. The number of rotatable bonds is 5. The Morgan fingerprint density at radius 2 is 1.70 bits per heavy atom. The van der Waals surface area contributed by atoms with Crippen molar-refractivity contribution in [1.29, 1.82) is 0 Å². The van der Waals surface area contributed by atoms with E-state index in [0.29, 0.717) is 11.4 Å². The molecule has 1 heterocycles. The highest BCUT2D eigenvalue weighted by atomic mass is 16.2. The number of imide groups is 2. The molecule has 122 valence electrons. The third-order valence-electron chi connectivity index (χ3n) is 3.84. The van der Waals surface area contributed by atoms with Crippen molar-refractivity contribution in [2.75, 3.05) is 20.1 Å². The number of hydrogen-bond donors (Lipinski definition) is 0. The van der Waals surface area contributed by atoms with Gasteiger partial charge in [-0.3, -0.25) is 19.3 Å². The van der Waals surface area contributed by atoms with Gasteiger partial charge in [0.15, 0.2) is 0 Å². The lowest BCUT2D eigenvalue weighted by Gasteiger charge is -2.21. The quantitative estimate of drug-likeness (QED) is 0.593. The summed E-state index contributed by atoms with van der Waals surface area (Å²) >= 11 is 0. The molecular weight excluding hydrogens is 298 g/mol. The molecule has 1 aromatic rings. The van der Waals surface area contributed by atoms with Crippen molar-refractivity contribution in [3.63, 3.8) is 0 Å². The minimum absolute atomic E-state index is 0.104. The monoisotopic (exact) mass is 317 g/mol. The lowest BCUT2D eigenvalue weighted by Crippen LogP contribution is -2.42. The number of urea groups is 1. The highest BCUT2D eigenvalue weighted by Gasteiger charge is 2.44. The van der Waals surface area contributed by atoms with Crippen LogP contribution in [0.2, 0.25) is 0 Å². The molecular formula is C16H19N3O4. The normalized spacial score (nSPS) is 14.7. The molecule has 0 aromatic heterocycles. The Labute approximate surface area is 134 Å². The molecule has 1 aliphatic heterocycles. The largest absolute Gasteiger partial charge is 0.340 e. The van der Waals surface area contributed by atoms with Crippen LogP contribution in [0.5, 0.6) is 0 Å². The summed E-state index contributed by atoms with van der Waals surface area (Å²) in [6, 6.07) is 6.91. The summed E-state index contributed by atoms with van der Waals surface area (Å²) in [6.45, 7) is 3.58. The third kappa shape index (κ3) is 3.23. The summed E-state index contributed by atoms with van der Waals surface area (Å²) in [4.78, 5) is 50.6. The molecule has 1 aromatic carbocycles. The van der Waals surface area contributed by atoms with Crippen LogP contribution in [-0.2, 0) is 20.9 Å². The first kappa shape index (κ1) is 16.7. The molecule has 0 radical (unpaired) electrons. The van der Waals surface area contributed by atoms with Crippen LogP contribution in [0.15, 0.2) is 24.3 Å².